The van der Waals surface area contributed by atoms with Crippen LogP contribution in [0.25, 0.3) is 0 Å². The summed E-state index contributed by atoms with van der Waals surface area (Å²) in [5.74, 6) is -11.0. The summed E-state index contributed by atoms with van der Waals surface area (Å²) in [7, 11) is 33.3. The van der Waals surface area contributed by atoms with Gasteiger partial charge in [0, 0.05) is 5.92 Å². The van der Waals surface area contributed by atoms with E-state index in [9.17, 15) is 26.3 Å². The highest BCUT2D eigenvalue weighted by molar-refractivity contribution is 6.49. The van der Waals surface area contributed by atoms with Crippen LogP contribution in [0, 0.1) is 34.9 Å². The van der Waals surface area contributed by atoms with Crippen LogP contribution in [0.5, 0.6) is 0 Å². The molecule has 0 heterocycles. The molecule has 0 aromatic heterocycles. The summed E-state index contributed by atoms with van der Waals surface area (Å²) >= 11 is 0. The lowest BCUT2D eigenvalue weighted by Crippen LogP contribution is -2.39. The molecule has 140 valence electrons. The Labute approximate surface area is 182 Å². The molecule has 0 spiro atoms. The number of hydrogen-bond acceptors (Lipinski definition) is 0. The maximum Gasteiger partial charge on any atom is 0.194 e. The van der Waals surface area contributed by atoms with Crippen molar-refractivity contribution in [1.82, 2.24) is 0 Å². The van der Waals surface area contributed by atoms with Gasteiger partial charge in [-0.2, -0.15) is 0 Å². The van der Waals surface area contributed by atoms with Crippen molar-refractivity contribution in [2.45, 2.75) is 5.92 Å². The Morgan fingerprint density at radius 2 is 1.06 bits per heavy atom. The maximum absolute atomic E-state index is 14.9. The fraction of sp³-hybridized carbons (Fsp3) is 0.0526. The Hall–Kier alpha value is -2.37. The molecule has 0 saturated carbocycles. The molecule has 0 fully saturated rings. The van der Waals surface area contributed by atoms with E-state index in [2.05, 4.69) is 0 Å². The smallest absolute Gasteiger partial charge is 0.194 e. The van der Waals surface area contributed by atoms with Crippen LogP contribution < -0.4 is 32.8 Å². The van der Waals surface area contributed by atoms with Gasteiger partial charge in [0.05, 0.1) is 0 Å². The second-order valence-electron chi connectivity index (χ2n) is 6.72. The maximum atomic E-state index is 14.9. The molecule has 0 amide bonds. The van der Waals surface area contributed by atoms with Gasteiger partial charge >= 0.3 is 0 Å². The molecule has 0 nitrogen and oxygen atoms in total. The molecule has 0 aliphatic carbocycles. The van der Waals surface area contributed by atoms with Gasteiger partial charge in [-0.15, -0.1) is 0 Å². The number of rotatable bonds is 3. The summed E-state index contributed by atoms with van der Waals surface area (Å²) in [6.45, 7) is 0. The summed E-state index contributed by atoms with van der Waals surface area (Å²) in [5.41, 5.74) is -5.99. The van der Waals surface area contributed by atoms with Crippen LogP contribution >= 0.6 is 0 Å². The predicted molar refractivity (Wildman–Crippen MR) is 112 cm³/mol. The summed E-state index contributed by atoms with van der Waals surface area (Å²) in [4.78, 5) is 0. The van der Waals surface area contributed by atoms with Crippen molar-refractivity contribution in [3.8, 4) is 0 Å². The number of halogens is 6. The van der Waals surface area contributed by atoms with Crippen molar-refractivity contribution in [3.05, 3.63) is 69.8 Å². The van der Waals surface area contributed by atoms with E-state index in [-0.39, 0.29) is 5.56 Å². The van der Waals surface area contributed by atoms with E-state index < -0.39 is 84.7 Å². The average molecular weight is 411 g/mol. The lowest BCUT2D eigenvalue weighted by molar-refractivity contribution is 0.445. The number of hydrogen-bond donors (Lipinski definition) is 0. The van der Waals surface area contributed by atoms with Gasteiger partial charge in [-0.3, -0.25) is 0 Å². The largest absolute Gasteiger partial charge is 0.208 e. The average Bonchev–Trinajstić information content (AvgIpc) is 2.73. The minimum absolute atomic E-state index is 0.192. The van der Waals surface area contributed by atoms with Crippen molar-refractivity contribution < 1.29 is 26.3 Å². The Bertz CT molecular complexity index is 1180. The van der Waals surface area contributed by atoms with E-state index in [1.54, 1.807) is 0 Å². The highest BCUT2D eigenvalue weighted by atomic mass is 19.2. The lowest BCUT2D eigenvalue weighted by Gasteiger charge is -2.27. The summed E-state index contributed by atoms with van der Waals surface area (Å²) in [6, 6.07) is 2.53. The minimum atomic E-state index is -2.00. The summed E-state index contributed by atoms with van der Waals surface area (Å²) < 4.78 is 85.5. The molecule has 0 aliphatic heterocycles. The lowest BCUT2D eigenvalue weighted by atomic mass is 9.67. The van der Waals surface area contributed by atoms with Gasteiger partial charge in [0.25, 0.3) is 0 Å². The molecular weight excluding hydrogens is 407 g/mol. The Balaban J connectivity index is 2.50. The zero-order valence-corrected chi connectivity index (χ0v) is 15.5. The first-order chi connectivity index (χ1) is 14.4. The summed E-state index contributed by atoms with van der Waals surface area (Å²) in [6.07, 6.45) is 0. The molecule has 31 heavy (non-hydrogen) atoms. The van der Waals surface area contributed by atoms with Crippen molar-refractivity contribution >= 4 is 79.9 Å². The molecule has 0 N–H and O–H groups in total. The highest BCUT2D eigenvalue weighted by Gasteiger charge is 2.30. The van der Waals surface area contributed by atoms with Crippen LogP contribution in [0.1, 0.15) is 22.6 Å². The minimum Gasteiger partial charge on any atom is -0.208 e. The summed E-state index contributed by atoms with van der Waals surface area (Å²) in [5, 5.41) is 0. The monoisotopic (exact) mass is 412 g/mol. The van der Waals surface area contributed by atoms with Crippen LogP contribution in [0.15, 0.2) is 18.2 Å². The number of benzene rings is 3. The first kappa shape index (κ1) is 23.3. The molecular formula is C19H4B6F6. The molecule has 3 rings (SSSR count). The van der Waals surface area contributed by atoms with Crippen molar-refractivity contribution in [3.63, 3.8) is 0 Å². The Kier molecular flexibility index (Phi) is 6.23. The zero-order chi connectivity index (χ0) is 23.4. The third-order valence-corrected chi connectivity index (χ3v) is 4.85. The fourth-order valence-electron chi connectivity index (χ4n) is 3.27. The third-order valence-electron chi connectivity index (χ3n) is 4.85. The quantitative estimate of drug-likeness (QED) is 0.212. The van der Waals surface area contributed by atoms with Crippen molar-refractivity contribution in [1.29, 1.82) is 0 Å². The zero-order valence-electron chi connectivity index (χ0n) is 15.5. The molecule has 3 aromatic rings. The van der Waals surface area contributed by atoms with E-state index in [1.807, 2.05) is 0 Å². The molecule has 3 aromatic carbocycles. The van der Waals surface area contributed by atoms with Gasteiger partial charge in [-0.05, 0) is 28.2 Å². The molecule has 1 atom stereocenters. The fourth-order valence-corrected chi connectivity index (χ4v) is 3.27. The van der Waals surface area contributed by atoms with E-state index in [1.165, 1.54) is 0 Å². The molecule has 0 bridgehead atoms. The van der Waals surface area contributed by atoms with Gasteiger partial charge < -0.3 is 0 Å². The highest BCUT2D eigenvalue weighted by Crippen LogP contribution is 2.32. The van der Waals surface area contributed by atoms with Crippen molar-refractivity contribution in [2.75, 3.05) is 0 Å². The second-order valence-corrected chi connectivity index (χ2v) is 6.72. The standard InChI is InChI=1S/C19H4B6F6/c20-6-1-4(2-7(21)15(6)27)9(5-3-8(26)12(23)17(29)11(5)22)10-13(24)14(25)18(30)19(31)16(10)28/h1-3,9H. The molecule has 12 radical (unpaired) electrons. The Morgan fingerprint density at radius 3 is 1.61 bits per heavy atom. The van der Waals surface area contributed by atoms with Gasteiger partial charge in [0.1, 0.15) is 64.5 Å². The van der Waals surface area contributed by atoms with Crippen LogP contribution in [-0.2, 0) is 0 Å². The normalized spacial score (nSPS) is 12.2. The van der Waals surface area contributed by atoms with E-state index in [0.29, 0.717) is 6.07 Å². The third kappa shape index (κ3) is 3.74. The Morgan fingerprint density at radius 1 is 0.516 bits per heavy atom. The molecule has 0 saturated heterocycles. The topological polar surface area (TPSA) is 0 Å². The first-order valence-electron chi connectivity index (χ1n) is 8.46. The van der Waals surface area contributed by atoms with Crippen LogP contribution in [0.4, 0.5) is 26.3 Å². The van der Waals surface area contributed by atoms with Gasteiger partial charge in [-0.25, -0.2) is 26.3 Å². The first-order valence-corrected chi connectivity index (χ1v) is 8.46. The van der Waals surface area contributed by atoms with Crippen LogP contribution in [0.3, 0.4) is 0 Å². The predicted octanol–water partition coefficient (Wildman–Crippen LogP) is -1.54. The van der Waals surface area contributed by atoms with E-state index in [0.717, 1.165) is 12.1 Å². The van der Waals surface area contributed by atoms with Gasteiger partial charge in [0.2, 0.25) is 0 Å². The molecule has 0 aliphatic rings. The van der Waals surface area contributed by atoms with Crippen LogP contribution in [0.2, 0.25) is 0 Å². The van der Waals surface area contributed by atoms with Gasteiger partial charge in [-0.1, -0.05) is 39.4 Å². The second kappa shape index (κ2) is 8.29. The van der Waals surface area contributed by atoms with Crippen molar-refractivity contribution in [2.24, 2.45) is 0 Å². The van der Waals surface area contributed by atoms with Crippen LogP contribution in [-0.4, -0.2) is 47.1 Å². The van der Waals surface area contributed by atoms with E-state index in [4.69, 9.17) is 47.1 Å². The molecule has 12 heteroatoms. The SMILES string of the molecule is [B]c1cc(C(c2cc(F)c([B])c(F)c2[B])c2c([B])c([B])c(F)c(F)c2F)cc([B])c1F. The van der Waals surface area contributed by atoms with Gasteiger partial charge in [0.15, 0.2) is 17.5 Å². The van der Waals surface area contributed by atoms with E-state index >= 15 is 0 Å². The molecule has 1 unspecified atom stereocenters.